The lowest BCUT2D eigenvalue weighted by atomic mass is 10.1. The van der Waals surface area contributed by atoms with Gasteiger partial charge in [-0.15, -0.1) is 0 Å². The van der Waals surface area contributed by atoms with Crippen molar-refractivity contribution >= 4 is 17.8 Å². The highest BCUT2D eigenvalue weighted by Crippen LogP contribution is 2.19. The molecule has 0 saturated carbocycles. The van der Waals surface area contributed by atoms with Crippen molar-refractivity contribution in [1.82, 2.24) is 4.98 Å². The fourth-order valence-corrected chi connectivity index (χ4v) is 2.90. The van der Waals surface area contributed by atoms with E-state index >= 15 is 0 Å². The molecule has 0 saturated heterocycles. The fourth-order valence-electron chi connectivity index (χ4n) is 2.90. The number of furan rings is 1. The largest absolute Gasteiger partial charge is 0.469 e. The third kappa shape index (κ3) is 2.15. The van der Waals surface area contributed by atoms with Crippen LogP contribution in [0.25, 0.3) is 6.08 Å². The number of nitrogens with one attached hydrogen (secondary N) is 1. The molecule has 5 nitrogen and oxygen atoms in total. The van der Waals surface area contributed by atoms with Gasteiger partial charge in [0.1, 0.15) is 12.0 Å². The molecule has 110 valence electrons. The summed E-state index contributed by atoms with van der Waals surface area (Å²) < 4.78 is 7.09. The van der Waals surface area contributed by atoms with E-state index in [0.29, 0.717) is 6.42 Å². The second-order valence-corrected chi connectivity index (χ2v) is 5.44. The predicted molar refractivity (Wildman–Crippen MR) is 81.4 cm³/mol. The first-order valence-corrected chi connectivity index (χ1v) is 7.41. The Morgan fingerprint density at radius 2 is 2.32 bits per heavy atom. The number of anilines is 1. The molecule has 1 N–H and O–H groups in total. The zero-order chi connectivity index (χ0) is 14.9. The number of fused-ring (bicyclic) bond motifs is 3. The van der Waals surface area contributed by atoms with Gasteiger partial charge >= 0.3 is 11.7 Å². The first-order chi connectivity index (χ1) is 10.8. The van der Waals surface area contributed by atoms with E-state index in [9.17, 15) is 4.79 Å². The van der Waals surface area contributed by atoms with Crippen molar-refractivity contribution in [3.8, 4) is 0 Å². The average molecular weight is 294 g/mol. The summed E-state index contributed by atoms with van der Waals surface area (Å²) in [7, 11) is 0. The quantitative estimate of drug-likeness (QED) is 0.681. The minimum Gasteiger partial charge on any atom is -0.469 e. The molecule has 1 aliphatic heterocycles. The number of carbonyl (C=O) groups excluding carboxylic acids is 1. The lowest BCUT2D eigenvalue weighted by Gasteiger charge is -2.05. The highest BCUT2D eigenvalue weighted by molar-refractivity contribution is 5.82. The zero-order valence-electron chi connectivity index (χ0n) is 12.0. The molecule has 1 unspecified atom stereocenters. The molecule has 3 heterocycles. The maximum absolute atomic E-state index is 12.8. The Bertz CT molecular complexity index is 775. The van der Waals surface area contributed by atoms with E-state index in [-0.39, 0.29) is 11.9 Å². The van der Waals surface area contributed by atoms with Gasteiger partial charge in [-0.05, 0) is 24.6 Å². The summed E-state index contributed by atoms with van der Waals surface area (Å²) in [5.41, 5.74) is 1.80. The van der Waals surface area contributed by atoms with Crippen molar-refractivity contribution < 1.29 is 13.8 Å². The van der Waals surface area contributed by atoms with Crippen LogP contribution in [0.2, 0.25) is 0 Å². The number of nitrogens with zero attached hydrogens (tertiary/aromatic N) is 2. The molecule has 1 atom stereocenters. The van der Waals surface area contributed by atoms with Crippen molar-refractivity contribution in [2.45, 2.75) is 25.3 Å². The van der Waals surface area contributed by atoms with Crippen LogP contribution in [0.15, 0.2) is 47.2 Å². The summed E-state index contributed by atoms with van der Waals surface area (Å²) in [5, 5.41) is 3.25. The highest BCUT2D eigenvalue weighted by atomic mass is 16.3. The molecular weight excluding hydrogens is 278 g/mol. The minimum atomic E-state index is -0.311. The lowest BCUT2D eigenvalue weighted by molar-refractivity contribution is -0.555. The third-order valence-electron chi connectivity index (χ3n) is 3.97. The summed E-state index contributed by atoms with van der Waals surface area (Å²) in [4.78, 5) is 17.3. The van der Waals surface area contributed by atoms with Crippen LogP contribution in [-0.2, 0) is 12.8 Å². The molecule has 0 fully saturated rings. The molecule has 2 aromatic heterocycles. The van der Waals surface area contributed by atoms with Crippen LogP contribution in [0, 0.1) is 0 Å². The van der Waals surface area contributed by atoms with E-state index in [4.69, 9.17) is 4.42 Å². The van der Waals surface area contributed by atoms with E-state index in [2.05, 4.69) is 28.5 Å². The Morgan fingerprint density at radius 3 is 3.18 bits per heavy atom. The molecule has 22 heavy (non-hydrogen) atoms. The molecule has 0 amide bonds. The van der Waals surface area contributed by atoms with Crippen LogP contribution in [0.1, 0.15) is 28.4 Å². The SMILES string of the molecule is O=C1C(Cc2ccco2)Nc2cnc3c([n+]21)C=CCC=CC3. The number of allylic oxidation sites excluding steroid dienone is 3. The van der Waals surface area contributed by atoms with Crippen LogP contribution in [-0.4, -0.2) is 16.9 Å². The van der Waals surface area contributed by atoms with Gasteiger partial charge in [-0.2, -0.15) is 4.57 Å². The monoisotopic (exact) mass is 294 g/mol. The molecule has 0 spiro atoms. The van der Waals surface area contributed by atoms with E-state index in [0.717, 1.165) is 35.8 Å². The molecule has 2 aliphatic rings. The molecule has 2 aromatic rings. The molecule has 0 bridgehead atoms. The first-order valence-electron chi connectivity index (χ1n) is 7.41. The Balaban J connectivity index is 1.71. The van der Waals surface area contributed by atoms with Gasteiger partial charge in [0.05, 0.1) is 18.4 Å². The Morgan fingerprint density at radius 1 is 1.36 bits per heavy atom. The minimum absolute atomic E-state index is 0.0410. The normalized spacial score (nSPS) is 19.3. The summed E-state index contributed by atoms with van der Waals surface area (Å²) in [5.74, 6) is 1.59. The second kappa shape index (κ2) is 5.26. The molecule has 4 rings (SSSR count). The van der Waals surface area contributed by atoms with Gasteiger partial charge in [-0.1, -0.05) is 18.2 Å². The van der Waals surface area contributed by atoms with Crippen LogP contribution < -0.4 is 9.88 Å². The average Bonchev–Trinajstić information content (AvgIpc) is 3.09. The van der Waals surface area contributed by atoms with Gasteiger partial charge in [-0.25, -0.2) is 9.78 Å². The number of hydrogen-bond donors (Lipinski definition) is 1. The lowest BCUT2D eigenvalue weighted by Crippen LogP contribution is -2.47. The van der Waals surface area contributed by atoms with E-state index in [1.807, 2.05) is 18.2 Å². The van der Waals surface area contributed by atoms with Crippen LogP contribution in [0.4, 0.5) is 5.82 Å². The van der Waals surface area contributed by atoms with Crippen LogP contribution in [0.3, 0.4) is 0 Å². The summed E-state index contributed by atoms with van der Waals surface area (Å²) >= 11 is 0. The number of hydrogen-bond acceptors (Lipinski definition) is 4. The maximum Gasteiger partial charge on any atom is 0.359 e. The Hall–Kier alpha value is -2.69. The molecule has 0 radical (unpaired) electrons. The summed E-state index contributed by atoms with van der Waals surface area (Å²) in [6.07, 6.45) is 13.8. The van der Waals surface area contributed by atoms with Crippen molar-refractivity contribution in [1.29, 1.82) is 0 Å². The molecule has 1 aliphatic carbocycles. The van der Waals surface area contributed by atoms with E-state index < -0.39 is 0 Å². The molecular formula is C17H16N3O2+. The first kappa shape index (κ1) is 13.0. The smallest absolute Gasteiger partial charge is 0.359 e. The maximum atomic E-state index is 12.8. The van der Waals surface area contributed by atoms with Crippen molar-refractivity contribution in [2.75, 3.05) is 5.32 Å². The number of aromatic nitrogens is 2. The van der Waals surface area contributed by atoms with Gasteiger partial charge in [0.15, 0.2) is 5.69 Å². The Kier molecular flexibility index (Phi) is 3.11. The van der Waals surface area contributed by atoms with E-state index in [1.54, 1.807) is 17.0 Å². The molecule has 0 aromatic carbocycles. The zero-order valence-corrected chi connectivity index (χ0v) is 12.0. The second-order valence-electron chi connectivity index (χ2n) is 5.44. The van der Waals surface area contributed by atoms with Crippen molar-refractivity contribution in [3.05, 3.63) is 60.0 Å². The summed E-state index contributed by atoms with van der Waals surface area (Å²) in [6, 6.07) is 3.41. The van der Waals surface area contributed by atoms with Gasteiger partial charge in [0.25, 0.3) is 0 Å². The van der Waals surface area contributed by atoms with Crippen LogP contribution in [0.5, 0.6) is 0 Å². The predicted octanol–water partition coefficient (Wildman–Crippen LogP) is 2.15. The van der Waals surface area contributed by atoms with E-state index in [1.165, 1.54) is 0 Å². The summed E-state index contributed by atoms with van der Waals surface area (Å²) in [6.45, 7) is 0. The Labute approximate surface area is 128 Å². The number of carbonyl (C=O) groups is 1. The highest BCUT2D eigenvalue weighted by Gasteiger charge is 2.41. The standard InChI is InChI=1S/C17H15N3O2/c21-17-14(10-12-6-5-9-22-12)19-16-11-18-13-7-3-1-2-4-8-15(13)20(16)17/h1,3-6,8-9,11,14H,2,7,10H2/p+1. The van der Waals surface area contributed by atoms with Gasteiger partial charge in [-0.3, -0.25) is 5.32 Å². The van der Waals surface area contributed by atoms with Crippen molar-refractivity contribution in [2.24, 2.45) is 0 Å². The third-order valence-corrected chi connectivity index (χ3v) is 3.97. The molecule has 5 heteroatoms. The van der Waals surface area contributed by atoms with Crippen LogP contribution >= 0.6 is 0 Å². The van der Waals surface area contributed by atoms with Gasteiger partial charge in [0, 0.05) is 6.42 Å². The number of rotatable bonds is 2. The van der Waals surface area contributed by atoms with Crippen molar-refractivity contribution in [3.63, 3.8) is 0 Å². The van der Waals surface area contributed by atoms with Gasteiger partial charge in [0.2, 0.25) is 6.04 Å². The van der Waals surface area contributed by atoms with Gasteiger partial charge < -0.3 is 4.42 Å². The fraction of sp³-hybridized carbons (Fsp3) is 0.235. The topological polar surface area (TPSA) is 59.0 Å².